The second-order valence-corrected chi connectivity index (χ2v) is 6.26. The number of carbonyl (C=O) groups is 2. The fourth-order valence-electron chi connectivity index (χ4n) is 2.98. The van der Waals surface area contributed by atoms with Crippen LogP contribution in [0.25, 0.3) is 10.9 Å². The fourth-order valence-corrected chi connectivity index (χ4v) is 2.98. The molecule has 1 atom stereocenters. The molecule has 0 aliphatic rings. The van der Waals surface area contributed by atoms with Crippen molar-refractivity contribution < 1.29 is 14.7 Å². The number of fused-ring (bicyclic) bond motifs is 1. The molecule has 0 spiro atoms. The van der Waals surface area contributed by atoms with E-state index in [0.29, 0.717) is 23.1 Å². The first-order valence-electron chi connectivity index (χ1n) is 8.57. The quantitative estimate of drug-likeness (QED) is 0.779. The Labute approximate surface area is 150 Å². The van der Waals surface area contributed by atoms with Crippen molar-refractivity contribution >= 4 is 28.5 Å². The molecular formula is C18H23N3O5. The number of rotatable bonds is 7. The van der Waals surface area contributed by atoms with Crippen molar-refractivity contribution in [2.24, 2.45) is 5.92 Å². The smallest absolute Gasteiger partial charge is 0.331 e. The molecule has 1 amide bonds. The Morgan fingerprint density at radius 1 is 1.12 bits per heavy atom. The Morgan fingerprint density at radius 3 is 2.35 bits per heavy atom. The zero-order chi connectivity index (χ0) is 19.4. The van der Waals surface area contributed by atoms with Crippen LogP contribution >= 0.6 is 0 Å². The summed E-state index contributed by atoms with van der Waals surface area (Å²) in [4.78, 5) is 47.7. The van der Waals surface area contributed by atoms with Gasteiger partial charge in [0.2, 0.25) is 5.91 Å². The molecule has 26 heavy (non-hydrogen) atoms. The molecule has 8 heteroatoms. The highest BCUT2D eigenvalue weighted by molar-refractivity contribution is 5.93. The molecule has 0 aliphatic carbocycles. The van der Waals surface area contributed by atoms with Crippen molar-refractivity contribution in [1.29, 1.82) is 0 Å². The number of aryl methyl sites for hydroxylation is 1. The Morgan fingerprint density at radius 2 is 1.77 bits per heavy atom. The summed E-state index contributed by atoms with van der Waals surface area (Å²) in [6, 6.07) is 4.82. The molecule has 140 valence electrons. The van der Waals surface area contributed by atoms with Crippen LogP contribution in [0.3, 0.4) is 0 Å². The number of aliphatic carboxylic acids is 1. The van der Waals surface area contributed by atoms with Crippen molar-refractivity contribution in [3.05, 3.63) is 39.0 Å². The molecule has 0 radical (unpaired) electrons. The van der Waals surface area contributed by atoms with Gasteiger partial charge in [0.25, 0.3) is 5.56 Å². The Hall–Kier alpha value is -2.90. The van der Waals surface area contributed by atoms with Crippen LogP contribution in [-0.4, -0.2) is 26.1 Å². The number of carbonyl (C=O) groups excluding carboxylic acids is 1. The number of nitrogens with zero attached hydrogens (tertiary/aromatic N) is 2. The van der Waals surface area contributed by atoms with E-state index in [4.69, 9.17) is 5.11 Å². The van der Waals surface area contributed by atoms with E-state index in [0.717, 1.165) is 4.57 Å². The summed E-state index contributed by atoms with van der Waals surface area (Å²) in [6.07, 6.45) is -0.0207. The maximum Gasteiger partial charge on any atom is 0.331 e. The van der Waals surface area contributed by atoms with E-state index in [1.165, 1.54) is 4.57 Å². The van der Waals surface area contributed by atoms with E-state index in [1.807, 2.05) is 6.92 Å². The number of aromatic nitrogens is 2. The zero-order valence-electron chi connectivity index (χ0n) is 15.1. The first-order valence-corrected chi connectivity index (χ1v) is 8.57. The van der Waals surface area contributed by atoms with Gasteiger partial charge in [-0.25, -0.2) is 4.79 Å². The van der Waals surface area contributed by atoms with Gasteiger partial charge in [-0.15, -0.1) is 0 Å². The average molecular weight is 361 g/mol. The van der Waals surface area contributed by atoms with Crippen molar-refractivity contribution in [1.82, 2.24) is 9.13 Å². The van der Waals surface area contributed by atoms with E-state index in [-0.39, 0.29) is 36.9 Å². The number of carboxylic acid groups (broad SMARTS) is 1. The molecule has 0 saturated carbocycles. The van der Waals surface area contributed by atoms with Gasteiger partial charge in [-0.1, -0.05) is 6.92 Å². The average Bonchev–Trinajstić information content (AvgIpc) is 2.55. The van der Waals surface area contributed by atoms with Gasteiger partial charge >= 0.3 is 11.7 Å². The molecule has 1 heterocycles. The molecule has 0 fully saturated rings. The summed E-state index contributed by atoms with van der Waals surface area (Å²) < 4.78 is 2.67. The molecule has 1 aromatic heterocycles. The van der Waals surface area contributed by atoms with Gasteiger partial charge in [-0.05, 0) is 38.0 Å². The third-order valence-corrected chi connectivity index (χ3v) is 4.20. The van der Waals surface area contributed by atoms with E-state index in [9.17, 15) is 19.2 Å². The van der Waals surface area contributed by atoms with Crippen molar-refractivity contribution in [3.63, 3.8) is 0 Å². The molecule has 1 unspecified atom stereocenters. The van der Waals surface area contributed by atoms with E-state index in [2.05, 4.69) is 5.32 Å². The number of amides is 1. The maximum atomic E-state index is 12.6. The Balaban J connectivity index is 2.37. The second kappa shape index (κ2) is 7.99. The molecule has 0 aliphatic heterocycles. The van der Waals surface area contributed by atoms with Gasteiger partial charge in [0.05, 0.1) is 10.9 Å². The number of hydrogen-bond donors (Lipinski definition) is 2. The molecule has 2 N–H and O–H groups in total. The number of nitrogens with one attached hydrogen (secondary N) is 1. The van der Waals surface area contributed by atoms with Crippen LogP contribution in [0.15, 0.2) is 27.8 Å². The molecular weight excluding hydrogens is 338 g/mol. The minimum absolute atomic E-state index is 0.0674. The second-order valence-electron chi connectivity index (χ2n) is 6.26. The van der Waals surface area contributed by atoms with Crippen LogP contribution in [-0.2, 0) is 22.7 Å². The third-order valence-electron chi connectivity index (χ3n) is 4.20. The zero-order valence-corrected chi connectivity index (χ0v) is 15.1. The highest BCUT2D eigenvalue weighted by Gasteiger charge is 2.15. The number of carboxylic acids is 1. The first-order chi connectivity index (χ1) is 12.3. The van der Waals surface area contributed by atoms with Crippen LogP contribution < -0.4 is 16.6 Å². The van der Waals surface area contributed by atoms with E-state index >= 15 is 0 Å². The standard InChI is InChI=1S/C18H23N3O5/c1-4-20-14-7-6-12(19-15(22)8-11(3)9-16(23)24)10-13(14)17(25)21(5-2)18(20)26/h6-7,10-11H,4-5,8-9H2,1-3H3,(H,19,22)(H,23,24). The highest BCUT2D eigenvalue weighted by Crippen LogP contribution is 2.17. The SMILES string of the molecule is CCn1c(=O)c2cc(NC(=O)CC(C)CC(=O)O)ccc2n(CC)c1=O. The predicted octanol–water partition coefficient (Wildman–Crippen LogP) is 1.64. The third kappa shape index (κ3) is 4.01. The van der Waals surface area contributed by atoms with Crippen LogP contribution in [0, 0.1) is 5.92 Å². The lowest BCUT2D eigenvalue weighted by atomic mass is 10.0. The van der Waals surface area contributed by atoms with E-state index in [1.54, 1.807) is 32.0 Å². The lowest BCUT2D eigenvalue weighted by molar-refractivity contribution is -0.138. The lowest BCUT2D eigenvalue weighted by Gasteiger charge is -2.13. The van der Waals surface area contributed by atoms with Crippen LogP contribution in [0.2, 0.25) is 0 Å². The van der Waals surface area contributed by atoms with Gasteiger partial charge in [0.15, 0.2) is 0 Å². The van der Waals surface area contributed by atoms with Gasteiger partial charge < -0.3 is 10.4 Å². The summed E-state index contributed by atoms with van der Waals surface area (Å²) in [5.41, 5.74) is 0.204. The number of anilines is 1. The number of hydrogen-bond acceptors (Lipinski definition) is 4. The van der Waals surface area contributed by atoms with Crippen molar-refractivity contribution in [2.45, 2.75) is 46.7 Å². The fraction of sp³-hybridized carbons (Fsp3) is 0.444. The van der Waals surface area contributed by atoms with Gasteiger partial charge in [-0.2, -0.15) is 0 Å². The summed E-state index contributed by atoms with van der Waals surface area (Å²) in [5, 5.41) is 11.8. The topological polar surface area (TPSA) is 110 Å². The predicted molar refractivity (Wildman–Crippen MR) is 98.5 cm³/mol. The highest BCUT2D eigenvalue weighted by atomic mass is 16.4. The van der Waals surface area contributed by atoms with Crippen molar-refractivity contribution in [3.8, 4) is 0 Å². The number of benzene rings is 1. The van der Waals surface area contributed by atoms with Crippen molar-refractivity contribution in [2.75, 3.05) is 5.32 Å². The lowest BCUT2D eigenvalue weighted by Crippen LogP contribution is -2.39. The summed E-state index contributed by atoms with van der Waals surface area (Å²) in [5.74, 6) is -1.57. The van der Waals surface area contributed by atoms with Gasteiger partial charge in [-0.3, -0.25) is 23.5 Å². The Kier molecular flexibility index (Phi) is 5.97. The molecule has 2 aromatic rings. The summed E-state index contributed by atoms with van der Waals surface area (Å²) in [6.45, 7) is 5.92. The first kappa shape index (κ1) is 19.4. The largest absolute Gasteiger partial charge is 0.481 e. The maximum absolute atomic E-state index is 12.6. The molecule has 1 aromatic carbocycles. The molecule has 0 bridgehead atoms. The van der Waals surface area contributed by atoms with Crippen LogP contribution in [0.5, 0.6) is 0 Å². The van der Waals surface area contributed by atoms with E-state index < -0.39 is 11.5 Å². The van der Waals surface area contributed by atoms with Gasteiger partial charge in [0.1, 0.15) is 0 Å². The summed E-state index contributed by atoms with van der Waals surface area (Å²) in [7, 11) is 0. The minimum atomic E-state index is -0.950. The van der Waals surface area contributed by atoms with Crippen LogP contribution in [0.4, 0.5) is 5.69 Å². The minimum Gasteiger partial charge on any atom is -0.481 e. The normalized spacial score (nSPS) is 12.1. The summed E-state index contributed by atoms with van der Waals surface area (Å²) >= 11 is 0. The molecule has 0 saturated heterocycles. The van der Waals surface area contributed by atoms with Gasteiger partial charge in [0, 0.05) is 31.6 Å². The Bertz CT molecular complexity index is 958. The molecule has 8 nitrogen and oxygen atoms in total. The monoisotopic (exact) mass is 361 g/mol. The molecule has 2 rings (SSSR count). The van der Waals surface area contributed by atoms with Crippen LogP contribution in [0.1, 0.15) is 33.6 Å².